The Morgan fingerprint density at radius 2 is 1.72 bits per heavy atom. The summed E-state index contributed by atoms with van der Waals surface area (Å²) in [6.07, 6.45) is 4.98. The molecule has 3 aromatic rings. The number of para-hydroxylation sites is 2. The average molecular weight is 440 g/mol. The lowest BCUT2D eigenvalue weighted by Gasteiger charge is -2.14. The van der Waals surface area contributed by atoms with Crippen LogP contribution in [0.2, 0.25) is 0 Å². The molecule has 7 nitrogen and oxygen atoms in total. The average Bonchev–Trinajstić information content (AvgIpc) is 3.17. The van der Waals surface area contributed by atoms with Gasteiger partial charge in [-0.05, 0) is 43.5 Å². The second-order valence-corrected chi connectivity index (χ2v) is 7.65. The van der Waals surface area contributed by atoms with E-state index in [2.05, 4.69) is 35.0 Å². The third-order valence-electron chi connectivity index (χ3n) is 5.47. The molecular formula is C25H33N3O4. The minimum absolute atomic E-state index is 0.158. The first-order chi connectivity index (χ1) is 15.6. The predicted octanol–water partition coefficient (Wildman–Crippen LogP) is 4.61. The summed E-state index contributed by atoms with van der Waals surface area (Å²) in [5, 5.41) is 2.98. The molecule has 1 aromatic heterocycles. The Labute approximate surface area is 189 Å². The summed E-state index contributed by atoms with van der Waals surface area (Å²) in [6, 6.07) is 11.6. The second-order valence-electron chi connectivity index (χ2n) is 7.65. The molecule has 0 fully saturated rings. The van der Waals surface area contributed by atoms with Gasteiger partial charge in [-0.2, -0.15) is 0 Å². The fourth-order valence-electron chi connectivity index (χ4n) is 3.89. The molecule has 7 heteroatoms. The summed E-state index contributed by atoms with van der Waals surface area (Å²) in [5.41, 5.74) is 2.75. The SMILES string of the molecule is CCCn1c(CCCCCNC(=O)c2cc(OC)c(OC)c(OC)c2)nc2ccccc21. The van der Waals surface area contributed by atoms with Gasteiger partial charge in [-0.1, -0.05) is 25.5 Å². The summed E-state index contributed by atoms with van der Waals surface area (Å²) in [6.45, 7) is 3.79. The number of amides is 1. The summed E-state index contributed by atoms with van der Waals surface area (Å²) in [4.78, 5) is 17.4. The topological polar surface area (TPSA) is 74.6 Å². The van der Waals surface area contributed by atoms with Crippen LogP contribution in [0.1, 0.15) is 48.8 Å². The zero-order valence-electron chi connectivity index (χ0n) is 19.4. The van der Waals surface area contributed by atoms with Gasteiger partial charge in [0, 0.05) is 25.1 Å². The highest BCUT2D eigenvalue weighted by atomic mass is 16.5. The number of imidazole rings is 1. The highest BCUT2D eigenvalue weighted by Gasteiger charge is 2.16. The number of carbonyl (C=O) groups excluding carboxylic acids is 1. The number of aromatic nitrogens is 2. The van der Waals surface area contributed by atoms with Crippen molar-refractivity contribution in [2.75, 3.05) is 27.9 Å². The fourth-order valence-corrected chi connectivity index (χ4v) is 3.89. The van der Waals surface area contributed by atoms with Crippen molar-refractivity contribution in [3.8, 4) is 17.2 Å². The quantitative estimate of drug-likeness (QED) is 0.417. The van der Waals surface area contributed by atoms with Crippen molar-refractivity contribution < 1.29 is 19.0 Å². The van der Waals surface area contributed by atoms with Crippen molar-refractivity contribution >= 4 is 16.9 Å². The van der Waals surface area contributed by atoms with Crippen LogP contribution in [0.15, 0.2) is 36.4 Å². The number of benzene rings is 2. The van der Waals surface area contributed by atoms with Crippen LogP contribution in [0.5, 0.6) is 17.2 Å². The standard InChI is InChI=1S/C25H33N3O4/c1-5-15-28-20-12-9-8-11-19(20)27-23(28)13-7-6-10-14-26-25(29)18-16-21(30-2)24(32-4)22(17-18)31-3/h8-9,11-12,16-17H,5-7,10,13-15H2,1-4H3,(H,26,29). The van der Waals surface area contributed by atoms with Crippen molar-refractivity contribution in [1.82, 2.24) is 14.9 Å². The van der Waals surface area contributed by atoms with Crippen molar-refractivity contribution in [2.24, 2.45) is 0 Å². The Morgan fingerprint density at radius 1 is 1.00 bits per heavy atom. The van der Waals surface area contributed by atoms with E-state index in [0.29, 0.717) is 29.4 Å². The van der Waals surface area contributed by atoms with Crippen LogP contribution < -0.4 is 19.5 Å². The number of carbonyl (C=O) groups is 1. The van der Waals surface area contributed by atoms with E-state index in [1.54, 1.807) is 12.1 Å². The molecule has 1 heterocycles. The molecule has 0 atom stereocenters. The summed E-state index contributed by atoms with van der Waals surface area (Å²) in [5.74, 6) is 2.39. The van der Waals surface area contributed by atoms with E-state index in [4.69, 9.17) is 19.2 Å². The second kappa shape index (κ2) is 11.4. The Morgan fingerprint density at radius 3 is 2.38 bits per heavy atom. The van der Waals surface area contributed by atoms with Crippen molar-refractivity contribution in [2.45, 2.75) is 45.6 Å². The number of nitrogens with one attached hydrogen (secondary N) is 1. The number of fused-ring (bicyclic) bond motifs is 1. The van der Waals surface area contributed by atoms with Gasteiger partial charge in [0.2, 0.25) is 5.75 Å². The summed E-state index contributed by atoms with van der Waals surface area (Å²) in [7, 11) is 4.61. The maximum Gasteiger partial charge on any atom is 0.251 e. The lowest BCUT2D eigenvalue weighted by molar-refractivity contribution is 0.0952. The molecule has 0 aliphatic heterocycles. The molecule has 0 aliphatic rings. The number of methoxy groups -OCH3 is 3. The Bertz CT molecular complexity index is 1020. The number of nitrogens with zero attached hydrogens (tertiary/aromatic N) is 2. The minimum Gasteiger partial charge on any atom is -0.493 e. The minimum atomic E-state index is -0.158. The molecule has 2 aromatic carbocycles. The Kier molecular flexibility index (Phi) is 8.36. The van der Waals surface area contributed by atoms with Crippen LogP contribution in [-0.4, -0.2) is 43.3 Å². The van der Waals surface area contributed by atoms with Gasteiger partial charge in [-0.15, -0.1) is 0 Å². The van der Waals surface area contributed by atoms with Crippen molar-refractivity contribution in [3.05, 3.63) is 47.8 Å². The Hall–Kier alpha value is -3.22. The van der Waals surface area contributed by atoms with Crippen molar-refractivity contribution in [3.63, 3.8) is 0 Å². The largest absolute Gasteiger partial charge is 0.493 e. The highest BCUT2D eigenvalue weighted by Crippen LogP contribution is 2.38. The first kappa shape index (κ1) is 23.4. The molecule has 3 rings (SSSR count). The zero-order valence-corrected chi connectivity index (χ0v) is 19.4. The molecule has 1 N–H and O–H groups in total. The van der Waals surface area contributed by atoms with E-state index >= 15 is 0 Å². The first-order valence-corrected chi connectivity index (χ1v) is 11.1. The van der Waals surface area contributed by atoms with Crippen molar-refractivity contribution in [1.29, 1.82) is 0 Å². The van der Waals surface area contributed by atoms with Gasteiger partial charge in [0.1, 0.15) is 5.82 Å². The third-order valence-corrected chi connectivity index (χ3v) is 5.47. The lowest BCUT2D eigenvalue weighted by Crippen LogP contribution is -2.24. The molecule has 1 amide bonds. The van der Waals surface area contributed by atoms with Gasteiger partial charge in [0.15, 0.2) is 11.5 Å². The molecule has 0 saturated carbocycles. The fraction of sp³-hybridized carbons (Fsp3) is 0.440. The molecule has 172 valence electrons. The highest BCUT2D eigenvalue weighted by molar-refractivity contribution is 5.95. The molecule has 0 unspecified atom stereocenters. The van der Waals surface area contributed by atoms with Crippen LogP contribution in [0.4, 0.5) is 0 Å². The van der Waals surface area contributed by atoms with E-state index in [-0.39, 0.29) is 5.91 Å². The number of rotatable bonds is 12. The molecule has 32 heavy (non-hydrogen) atoms. The number of hydrogen-bond acceptors (Lipinski definition) is 5. The molecule has 0 spiro atoms. The number of ether oxygens (including phenoxy) is 3. The summed E-state index contributed by atoms with van der Waals surface area (Å²) >= 11 is 0. The van der Waals surface area contributed by atoms with Gasteiger partial charge < -0.3 is 24.1 Å². The van der Waals surface area contributed by atoms with E-state index in [1.807, 2.05) is 6.07 Å². The van der Waals surface area contributed by atoms with Gasteiger partial charge >= 0.3 is 0 Å². The van der Waals surface area contributed by atoms with E-state index in [0.717, 1.165) is 50.0 Å². The van der Waals surface area contributed by atoms with Crippen LogP contribution in [0.25, 0.3) is 11.0 Å². The third kappa shape index (κ3) is 5.33. The Balaban J connectivity index is 1.50. The van der Waals surface area contributed by atoms with E-state index in [9.17, 15) is 4.79 Å². The molecule has 0 radical (unpaired) electrons. The van der Waals surface area contributed by atoms with Gasteiger partial charge in [-0.25, -0.2) is 4.98 Å². The van der Waals surface area contributed by atoms with Crippen LogP contribution >= 0.6 is 0 Å². The van der Waals surface area contributed by atoms with Crippen LogP contribution in [0.3, 0.4) is 0 Å². The normalized spacial score (nSPS) is 10.9. The van der Waals surface area contributed by atoms with Gasteiger partial charge in [0.25, 0.3) is 5.91 Å². The number of hydrogen-bond donors (Lipinski definition) is 1. The van der Waals surface area contributed by atoms with Gasteiger partial charge in [0.05, 0.1) is 32.4 Å². The monoisotopic (exact) mass is 439 g/mol. The first-order valence-electron chi connectivity index (χ1n) is 11.1. The number of unbranched alkanes of at least 4 members (excludes halogenated alkanes) is 2. The summed E-state index contributed by atoms with van der Waals surface area (Å²) < 4.78 is 18.3. The maximum atomic E-state index is 12.6. The van der Waals surface area contributed by atoms with E-state index < -0.39 is 0 Å². The van der Waals surface area contributed by atoms with Crippen LogP contribution in [-0.2, 0) is 13.0 Å². The van der Waals surface area contributed by atoms with Crippen LogP contribution in [0, 0.1) is 0 Å². The molecule has 0 aliphatic carbocycles. The molecule has 0 bridgehead atoms. The lowest BCUT2D eigenvalue weighted by atomic mass is 10.1. The predicted molar refractivity (Wildman–Crippen MR) is 126 cm³/mol. The molecular weight excluding hydrogens is 406 g/mol. The maximum absolute atomic E-state index is 12.6. The zero-order chi connectivity index (χ0) is 22.9. The van der Waals surface area contributed by atoms with Gasteiger partial charge in [-0.3, -0.25) is 4.79 Å². The number of aryl methyl sites for hydroxylation is 2. The van der Waals surface area contributed by atoms with E-state index in [1.165, 1.54) is 26.8 Å². The molecule has 0 saturated heterocycles. The smallest absolute Gasteiger partial charge is 0.251 e.